The number of hydrogen-bond acceptors (Lipinski definition) is 3. The van der Waals surface area contributed by atoms with Gasteiger partial charge in [0.1, 0.15) is 18.1 Å². The number of aryl methyl sites for hydroxylation is 1. The van der Waals surface area contributed by atoms with Crippen LogP contribution in [0, 0.1) is 6.92 Å². The second-order valence-electron chi connectivity index (χ2n) is 6.37. The van der Waals surface area contributed by atoms with Crippen molar-refractivity contribution in [2.24, 2.45) is 0 Å². The first-order valence-corrected chi connectivity index (χ1v) is 8.99. The van der Waals surface area contributed by atoms with Crippen molar-refractivity contribution in [1.29, 1.82) is 0 Å². The number of fused-ring (bicyclic) bond motifs is 1. The van der Waals surface area contributed by atoms with Gasteiger partial charge < -0.3 is 9.47 Å². The minimum absolute atomic E-state index is 0.116. The summed E-state index contributed by atoms with van der Waals surface area (Å²) in [5, 5.41) is 0.671. The van der Waals surface area contributed by atoms with E-state index in [2.05, 4.69) is 0 Å². The normalized spacial score (nSPS) is 14.1. The Labute approximate surface area is 162 Å². The topological polar surface area (TPSA) is 35.5 Å². The van der Waals surface area contributed by atoms with Crippen molar-refractivity contribution in [3.63, 3.8) is 0 Å². The molecule has 1 heterocycles. The average Bonchev–Trinajstić information content (AvgIpc) is 2.97. The number of allylic oxidation sites excluding steroid dienone is 1. The molecule has 0 amide bonds. The number of carbonyl (C=O) groups excluding carboxylic acids is 1. The van der Waals surface area contributed by atoms with E-state index in [9.17, 15) is 4.79 Å². The van der Waals surface area contributed by atoms with Crippen molar-refractivity contribution in [3.05, 3.63) is 99.8 Å². The molecule has 0 saturated heterocycles. The van der Waals surface area contributed by atoms with Gasteiger partial charge in [-0.05, 0) is 54.0 Å². The molecule has 0 saturated carbocycles. The van der Waals surface area contributed by atoms with Gasteiger partial charge in [0.2, 0.25) is 5.78 Å². The Morgan fingerprint density at radius 3 is 2.70 bits per heavy atom. The predicted molar refractivity (Wildman–Crippen MR) is 106 cm³/mol. The maximum Gasteiger partial charge on any atom is 0.231 e. The highest BCUT2D eigenvalue weighted by Gasteiger charge is 2.27. The number of Topliss-reactive ketones (excluding diaryl/α,β-unsaturated/α-hetero) is 1. The van der Waals surface area contributed by atoms with Crippen molar-refractivity contribution in [2.75, 3.05) is 0 Å². The number of halogens is 1. The van der Waals surface area contributed by atoms with Crippen molar-refractivity contribution in [2.45, 2.75) is 13.5 Å². The van der Waals surface area contributed by atoms with E-state index < -0.39 is 0 Å². The van der Waals surface area contributed by atoms with Gasteiger partial charge in [-0.1, -0.05) is 48.0 Å². The zero-order valence-electron chi connectivity index (χ0n) is 14.7. The number of rotatable bonds is 4. The summed E-state index contributed by atoms with van der Waals surface area (Å²) in [7, 11) is 0. The summed E-state index contributed by atoms with van der Waals surface area (Å²) in [6.07, 6.45) is 1.78. The van der Waals surface area contributed by atoms with Crippen LogP contribution in [0.1, 0.15) is 27.0 Å². The lowest BCUT2D eigenvalue weighted by Gasteiger charge is -2.07. The molecule has 0 radical (unpaired) electrons. The Kier molecular flexibility index (Phi) is 4.69. The van der Waals surface area contributed by atoms with E-state index in [0.29, 0.717) is 34.5 Å². The number of hydrogen-bond donors (Lipinski definition) is 0. The van der Waals surface area contributed by atoms with E-state index in [4.69, 9.17) is 21.1 Å². The third-order valence-corrected chi connectivity index (χ3v) is 4.65. The Bertz CT molecular complexity index is 1050. The van der Waals surface area contributed by atoms with E-state index in [-0.39, 0.29) is 5.78 Å². The van der Waals surface area contributed by atoms with Crippen LogP contribution in [0.25, 0.3) is 6.08 Å². The number of ether oxygens (including phenoxy) is 2. The fraction of sp³-hybridized carbons (Fsp3) is 0.0870. The smallest absolute Gasteiger partial charge is 0.231 e. The molecule has 134 valence electrons. The van der Waals surface area contributed by atoms with E-state index in [0.717, 1.165) is 16.7 Å². The van der Waals surface area contributed by atoms with Gasteiger partial charge in [-0.15, -0.1) is 0 Å². The van der Waals surface area contributed by atoms with Crippen molar-refractivity contribution in [3.8, 4) is 11.5 Å². The Hall–Kier alpha value is -3.04. The summed E-state index contributed by atoms with van der Waals surface area (Å²) in [6, 6.07) is 20.6. The predicted octanol–water partition coefficient (Wildman–Crippen LogP) is 5.84. The van der Waals surface area contributed by atoms with Gasteiger partial charge in [0.25, 0.3) is 0 Å². The molecule has 3 aromatic rings. The summed E-state index contributed by atoms with van der Waals surface area (Å²) in [4.78, 5) is 12.6. The SMILES string of the molecule is Cc1ccccc1/C=C1\Oc2cc(OCc3cccc(Cl)c3)ccc2C1=O. The molecule has 0 aromatic heterocycles. The standard InChI is InChI=1S/C23H17ClO3/c1-15-5-2-3-7-17(15)12-22-23(25)20-10-9-19(13-21(20)27-22)26-14-16-6-4-8-18(24)11-16/h2-13H,14H2,1H3/b22-12-. The quantitative estimate of drug-likeness (QED) is 0.536. The van der Waals surface area contributed by atoms with E-state index >= 15 is 0 Å². The molecule has 0 N–H and O–H groups in total. The molecule has 1 aliphatic heterocycles. The molecule has 0 bridgehead atoms. The summed E-state index contributed by atoms with van der Waals surface area (Å²) in [5.41, 5.74) is 3.57. The summed E-state index contributed by atoms with van der Waals surface area (Å²) in [5.74, 6) is 1.36. The number of carbonyl (C=O) groups is 1. The van der Waals surface area contributed by atoms with E-state index in [1.165, 1.54) is 0 Å². The Morgan fingerprint density at radius 2 is 1.89 bits per heavy atom. The third-order valence-electron chi connectivity index (χ3n) is 4.41. The van der Waals surface area contributed by atoms with Crippen LogP contribution < -0.4 is 9.47 Å². The fourth-order valence-corrected chi connectivity index (χ4v) is 3.15. The summed E-state index contributed by atoms with van der Waals surface area (Å²) in [6.45, 7) is 2.39. The van der Waals surface area contributed by atoms with Gasteiger partial charge in [0, 0.05) is 11.1 Å². The second-order valence-corrected chi connectivity index (χ2v) is 6.81. The largest absolute Gasteiger partial charge is 0.489 e. The van der Waals surface area contributed by atoms with Gasteiger partial charge in [-0.2, -0.15) is 0 Å². The molecular weight excluding hydrogens is 360 g/mol. The zero-order valence-corrected chi connectivity index (χ0v) is 15.5. The van der Waals surface area contributed by atoms with Gasteiger partial charge >= 0.3 is 0 Å². The van der Waals surface area contributed by atoms with Crippen LogP contribution in [-0.4, -0.2) is 5.78 Å². The van der Waals surface area contributed by atoms with Gasteiger partial charge in [-0.3, -0.25) is 4.79 Å². The molecule has 27 heavy (non-hydrogen) atoms. The van der Waals surface area contributed by atoms with E-state index in [1.807, 2.05) is 55.5 Å². The van der Waals surface area contributed by atoms with Crippen LogP contribution >= 0.6 is 11.6 Å². The maximum absolute atomic E-state index is 12.6. The van der Waals surface area contributed by atoms with E-state index in [1.54, 1.807) is 24.3 Å². The van der Waals surface area contributed by atoms with Crippen LogP contribution in [0.3, 0.4) is 0 Å². The van der Waals surface area contributed by atoms with Crippen LogP contribution in [0.4, 0.5) is 0 Å². The Morgan fingerprint density at radius 1 is 1.04 bits per heavy atom. The molecule has 0 fully saturated rings. The average molecular weight is 377 g/mol. The molecule has 1 aliphatic rings. The van der Waals surface area contributed by atoms with Gasteiger partial charge in [0.15, 0.2) is 5.76 Å². The lowest BCUT2D eigenvalue weighted by molar-refractivity contribution is 0.101. The monoisotopic (exact) mass is 376 g/mol. The van der Waals surface area contributed by atoms with Crippen LogP contribution in [0.15, 0.2) is 72.5 Å². The minimum Gasteiger partial charge on any atom is -0.489 e. The fourth-order valence-electron chi connectivity index (χ4n) is 2.94. The zero-order chi connectivity index (χ0) is 18.8. The van der Waals surface area contributed by atoms with Crippen molar-refractivity contribution >= 4 is 23.5 Å². The molecule has 3 aromatic carbocycles. The molecule has 0 aliphatic carbocycles. The van der Waals surface area contributed by atoms with Gasteiger partial charge in [-0.25, -0.2) is 0 Å². The molecule has 0 atom stereocenters. The third kappa shape index (κ3) is 3.74. The lowest BCUT2D eigenvalue weighted by atomic mass is 10.1. The molecule has 4 rings (SSSR count). The van der Waals surface area contributed by atoms with Crippen molar-refractivity contribution in [1.82, 2.24) is 0 Å². The minimum atomic E-state index is -0.116. The lowest BCUT2D eigenvalue weighted by Crippen LogP contribution is -1.98. The van der Waals surface area contributed by atoms with Crippen LogP contribution in [0.2, 0.25) is 5.02 Å². The number of ketones is 1. The highest BCUT2D eigenvalue weighted by atomic mass is 35.5. The van der Waals surface area contributed by atoms with Crippen molar-refractivity contribution < 1.29 is 14.3 Å². The highest BCUT2D eigenvalue weighted by Crippen LogP contribution is 2.35. The molecule has 4 heteroatoms. The van der Waals surface area contributed by atoms with Crippen LogP contribution in [-0.2, 0) is 6.61 Å². The number of benzene rings is 3. The first kappa shape index (κ1) is 17.4. The summed E-state index contributed by atoms with van der Waals surface area (Å²) >= 11 is 5.99. The Balaban J connectivity index is 1.53. The first-order valence-electron chi connectivity index (χ1n) is 8.61. The maximum atomic E-state index is 12.6. The molecule has 0 unspecified atom stereocenters. The summed E-state index contributed by atoms with van der Waals surface area (Å²) < 4.78 is 11.6. The molecular formula is C23H17ClO3. The first-order chi connectivity index (χ1) is 13.1. The van der Waals surface area contributed by atoms with Gasteiger partial charge in [0.05, 0.1) is 5.56 Å². The molecule has 0 spiro atoms. The highest BCUT2D eigenvalue weighted by molar-refractivity contribution is 6.30. The molecule has 3 nitrogen and oxygen atoms in total. The second kappa shape index (κ2) is 7.29. The van der Waals surface area contributed by atoms with Crippen LogP contribution in [0.5, 0.6) is 11.5 Å².